The van der Waals surface area contributed by atoms with E-state index in [1.54, 1.807) is 19.1 Å². The number of hydrogen-bond donors (Lipinski definition) is 2. The molecule has 3 rings (SSSR count). The molecule has 0 atom stereocenters. The highest BCUT2D eigenvalue weighted by Crippen LogP contribution is 2.12. The lowest BCUT2D eigenvalue weighted by molar-refractivity contribution is 0.0954. The molecule has 0 bridgehead atoms. The minimum atomic E-state index is -0.435. The second-order valence-corrected chi connectivity index (χ2v) is 6.20. The molecule has 1 aromatic carbocycles. The lowest BCUT2D eigenvalue weighted by Crippen LogP contribution is -2.47. The third-order valence-electron chi connectivity index (χ3n) is 4.36. The Hall–Kier alpha value is -2.74. The average Bonchev–Trinajstić information content (AvgIpc) is 2.64. The van der Waals surface area contributed by atoms with E-state index in [-0.39, 0.29) is 11.4 Å². The van der Waals surface area contributed by atoms with E-state index >= 15 is 0 Å². The van der Waals surface area contributed by atoms with Crippen LogP contribution in [0.15, 0.2) is 35.3 Å². The van der Waals surface area contributed by atoms with E-state index in [2.05, 4.69) is 20.2 Å². The Morgan fingerprint density at radius 2 is 1.92 bits per heavy atom. The van der Waals surface area contributed by atoms with Crippen LogP contribution in [0.2, 0.25) is 0 Å². The third kappa shape index (κ3) is 4.26. The molecule has 2 N–H and O–H groups in total. The zero-order valence-electron chi connectivity index (χ0n) is 14.7. The maximum atomic E-state index is 13.0. The largest absolute Gasteiger partial charge is 0.352 e. The summed E-state index contributed by atoms with van der Waals surface area (Å²) in [5.41, 5.74) is 0.651. The number of halogens is 1. The van der Waals surface area contributed by atoms with E-state index in [1.165, 1.54) is 18.3 Å². The molecule has 1 aliphatic rings. The van der Waals surface area contributed by atoms with Gasteiger partial charge in [0.05, 0.1) is 0 Å². The fourth-order valence-electron chi connectivity index (χ4n) is 2.93. The van der Waals surface area contributed by atoms with Gasteiger partial charge in [0.25, 0.3) is 11.5 Å². The molecule has 0 saturated carbocycles. The van der Waals surface area contributed by atoms with Crippen LogP contribution in [-0.4, -0.2) is 53.5 Å². The quantitative estimate of drug-likeness (QED) is 0.832. The topological polar surface area (TPSA) is 81.3 Å². The van der Waals surface area contributed by atoms with Gasteiger partial charge in [0, 0.05) is 45.5 Å². The van der Waals surface area contributed by atoms with Gasteiger partial charge in [-0.25, -0.2) is 9.37 Å². The summed E-state index contributed by atoms with van der Waals surface area (Å²) >= 11 is 0. The van der Waals surface area contributed by atoms with E-state index in [0.717, 1.165) is 25.2 Å². The summed E-state index contributed by atoms with van der Waals surface area (Å²) in [7, 11) is 0. The van der Waals surface area contributed by atoms with E-state index in [4.69, 9.17) is 0 Å². The van der Waals surface area contributed by atoms with Crippen molar-refractivity contribution in [2.45, 2.75) is 13.5 Å². The van der Waals surface area contributed by atoms with Crippen molar-refractivity contribution < 1.29 is 9.18 Å². The minimum absolute atomic E-state index is 0.0190. The van der Waals surface area contributed by atoms with Crippen LogP contribution in [-0.2, 0) is 6.54 Å². The normalized spacial score (nSPS) is 15.1. The van der Waals surface area contributed by atoms with Crippen LogP contribution in [0.4, 0.5) is 10.3 Å². The molecule has 26 heavy (non-hydrogen) atoms. The maximum Gasteiger partial charge on any atom is 0.265 e. The number of benzene rings is 1. The molecular weight excluding hydrogens is 337 g/mol. The van der Waals surface area contributed by atoms with Crippen molar-refractivity contribution in [2.75, 3.05) is 37.6 Å². The first-order valence-corrected chi connectivity index (χ1v) is 8.66. The highest BCUT2D eigenvalue weighted by atomic mass is 19.1. The Kier molecular flexibility index (Phi) is 5.62. The smallest absolute Gasteiger partial charge is 0.265 e. The number of aromatic nitrogens is 2. The zero-order valence-corrected chi connectivity index (χ0v) is 14.7. The number of anilines is 1. The first-order chi connectivity index (χ1) is 12.6. The standard InChI is InChI=1S/C18H22FN5O2/c1-2-20-16(25)15-11-21-18(22-17(15)26)24-9-7-23(8-10-24)12-13-3-5-14(19)6-4-13/h3-6,11H,2,7-10,12H2,1H3,(H,20,25)(H,21,22,26). The van der Waals surface area contributed by atoms with E-state index < -0.39 is 11.5 Å². The Balaban J connectivity index is 1.59. The fraction of sp³-hybridized carbons (Fsp3) is 0.389. The van der Waals surface area contributed by atoms with Gasteiger partial charge in [-0.2, -0.15) is 0 Å². The predicted octanol–water partition coefficient (Wildman–Crippen LogP) is 0.981. The van der Waals surface area contributed by atoms with Crippen LogP contribution >= 0.6 is 0 Å². The average molecular weight is 359 g/mol. The number of carbonyl (C=O) groups is 1. The second kappa shape index (κ2) is 8.09. The highest BCUT2D eigenvalue weighted by Gasteiger charge is 2.20. The Bertz CT molecular complexity index is 813. The summed E-state index contributed by atoms with van der Waals surface area (Å²) in [6.07, 6.45) is 1.32. The van der Waals surface area contributed by atoms with Gasteiger partial charge in [0.1, 0.15) is 11.4 Å². The van der Waals surface area contributed by atoms with Crippen LogP contribution in [0.3, 0.4) is 0 Å². The Morgan fingerprint density at radius 1 is 1.23 bits per heavy atom. The first kappa shape index (κ1) is 18.1. The Morgan fingerprint density at radius 3 is 2.54 bits per heavy atom. The van der Waals surface area contributed by atoms with Gasteiger partial charge in [-0.1, -0.05) is 12.1 Å². The molecule has 0 unspecified atom stereocenters. The number of carbonyl (C=O) groups excluding carboxylic acids is 1. The van der Waals surface area contributed by atoms with Gasteiger partial charge in [-0.15, -0.1) is 0 Å². The van der Waals surface area contributed by atoms with Gasteiger partial charge in [0.2, 0.25) is 5.95 Å². The number of amides is 1. The molecule has 0 spiro atoms. The van der Waals surface area contributed by atoms with Crippen molar-refractivity contribution in [2.24, 2.45) is 0 Å². The van der Waals surface area contributed by atoms with E-state index in [1.807, 2.05) is 4.90 Å². The summed E-state index contributed by atoms with van der Waals surface area (Å²) in [5.74, 6) is -0.175. The van der Waals surface area contributed by atoms with Crippen LogP contribution < -0.4 is 15.8 Å². The van der Waals surface area contributed by atoms with Crippen molar-refractivity contribution in [1.29, 1.82) is 0 Å². The van der Waals surface area contributed by atoms with Crippen molar-refractivity contribution in [3.05, 3.63) is 57.8 Å². The van der Waals surface area contributed by atoms with Crippen molar-refractivity contribution in [1.82, 2.24) is 20.2 Å². The maximum absolute atomic E-state index is 13.0. The lowest BCUT2D eigenvalue weighted by Gasteiger charge is -2.35. The molecule has 1 saturated heterocycles. The number of nitrogens with one attached hydrogen (secondary N) is 2. The van der Waals surface area contributed by atoms with Crippen LogP contribution in [0.5, 0.6) is 0 Å². The fourth-order valence-corrected chi connectivity index (χ4v) is 2.93. The SMILES string of the molecule is CCNC(=O)c1cnc(N2CCN(Cc3ccc(F)cc3)CC2)[nH]c1=O. The van der Waals surface area contributed by atoms with E-state index in [9.17, 15) is 14.0 Å². The lowest BCUT2D eigenvalue weighted by atomic mass is 10.2. The van der Waals surface area contributed by atoms with Crippen molar-refractivity contribution in [3.63, 3.8) is 0 Å². The molecular formula is C18H22FN5O2. The van der Waals surface area contributed by atoms with Crippen molar-refractivity contribution in [3.8, 4) is 0 Å². The molecule has 8 heteroatoms. The van der Waals surface area contributed by atoms with Gasteiger partial charge < -0.3 is 10.2 Å². The number of rotatable bonds is 5. The number of hydrogen-bond acceptors (Lipinski definition) is 5. The van der Waals surface area contributed by atoms with Crippen molar-refractivity contribution >= 4 is 11.9 Å². The molecule has 2 aromatic rings. The van der Waals surface area contributed by atoms with Crippen LogP contribution in [0, 0.1) is 5.82 Å². The molecule has 0 aliphatic carbocycles. The zero-order chi connectivity index (χ0) is 18.5. The summed E-state index contributed by atoms with van der Waals surface area (Å²) in [6.45, 7) is 6.04. The molecule has 2 heterocycles. The van der Waals surface area contributed by atoms with Crippen LogP contribution in [0.25, 0.3) is 0 Å². The first-order valence-electron chi connectivity index (χ1n) is 8.66. The molecule has 1 aliphatic heterocycles. The predicted molar refractivity (Wildman–Crippen MR) is 96.8 cm³/mol. The van der Waals surface area contributed by atoms with Gasteiger partial charge in [-0.05, 0) is 24.6 Å². The minimum Gasteiger partial charge on any atom is -0.352 e. The summed E-state index contributed by atoms with van der Waals surface area (Å²) in [6, 6.07) is 6.52. The number of piperazine rings is 1. The molecule has 1 aromatic heterocycles. The second-order valence-electron chi connectivity index (χ2n) is 6.20. The summed E-state index contributed by atoms with van der Waals surface area (Å²) in [5, 5.41) is 2.59. The number of aromatic amines is 1. The molecule has 138 valence electrons. The molecule has 0 radical (unpaired) electrons. The van der Waals surface area contributed by atoms with E-state index in [0.29, 0.717) is 25.6 Å². The molecule has 1 amide bonds. The van der Waals surface area contributed by atoms with Gasteiger partial charge in [-0.3, -0.25) is 19.5 Å². The third-order valence-corrected chi connectivity index (χ3v) is 4.36. The van der Waals surface area contributed by atoms with Gasteiger partial charge in [0.15, 0.2) is 0 Å². The highest BCUT2D eigenvalue weighted by molar-refractivity contribution is 5.93. The molecule has 1 fully saturated rings. The van der Waals surface area contributed by atoms with Gasteiger partial charge >= 0.3 is 0 Å². The van der Waals surface area contributed by atoms with Crippen LogP contribution in [0.1, 0.15) is 22.8 Å². The number of nitrogens with zero attached hydrogens (tertiary/aromatic N) is 3. The Labute approximate surface area is 150 Å². The monoisotopic (exact) mass is 359 g/mol. The molecule has 7 nitrogen and oxygen atoms in total. The summed E-state index contributed by atoms with van der Waals surface area (Å²) < 4.78 is 13.0. The number of H-pyrrole nitrogens is 1. The summed E-state index contributed by atoms with van der Waals surface area (Å²) in [4.78, 5) is 35.1.